The Morgan fingerprint density at radius 1 is 1.21 bits per heavy atom. The number of piperidine rings is 1. The van der Waals surface area contributed by atoms with Crippen LogP contribution in [0.15, 0.2) is 30.4 Å². The highest BCUT2D eigenvalue weighted by atomic mass is 16.3. The SMILES string of the molecule is [C-]#[N+]c1ccc(-c2nnc(N[C@@H]3CCCN(C)C3)c3c2C2C=CC3C2)c(O)c1. The molecule has 1 fully saturated rings. The third-order valence-corrected chi connectivity index (χ3v) is 6.21. The highest BCUT2D eigenvalue weighted by molar-refractivity contribution is 5.77. The van der Waals surface area contributed by atoms with E-state index in [0.29, 0.717) is 29.1 Å². The molecule has 0 radical (unpaired) electrons. The van der Waals surface area contributed by atoms with E-state index in [1.807, 2.05) is 0 Å². The predicted octanol–water partition coefficient (Wildman–Crippen LogP) is 4.05. The highest BCUT2D eigenvalue weighted by Crippen LogP contribution is 2.54. The molecule has 2 N–H and O–H groups in total. The molecule has 1 aliphatic heterocycles. The number of likely N-dealkylation sites (tertiary alicyclic amines) is 1. The van der Waals surface area contributed by atoms with Crippen LogP contribution >= 0.6 is 0 Å². The minimum Gasteiger partial charge on any atom is -0.509 e. The number of phenolic OH excluding ortho intramolecular Hbond substituents is 1. The van der Waals surface area contributed by atoms with Gasteiger partial charge in [-0.25, -0.2) is 4.85 Å². The maximum atomic E-state index is 10.5. The number of hydrogen-bond acceptors (Lipinski definition) is 5. The van der Waals surface area contributed by atoms with Crippen molar-refractivity contribution in [1.29, 1.82) is 0 Å². The van der Waals surface area contributed by atoms with Crippen LogP contribution in [0.3, 0.4) is 0 Å². The molecule has 2 unspecified atom stereocenters. The van der Waals surface area contributed by atoms with Crippen LogP contribution in [0.1, 0.15) is 42.2 Å². The molecule has 3 aliphatic rings. The second-order valence-corrected chi connectivity index (χ2v) is 8.12. The maximum absolute atomic E-state index is 10.5. The van der Waals surface area contributed by atoms with Gasteiger partial charge in [-0.2, -0.15) is 0 Å². The number of aromatic nitrogens is 2. The molecule has 2 aliphatic carbocycles. The Hall–Kier alpha value is -2.91. The first-order chi connectivity index (χ1) is 13.6. The highest BCUT2D eigenvalue weighted by Gasteiger charge is 2.39. The van der Waals surface area contributed by atoms with Crippen molar-refractivity contribution in [3.05, 3.63) is 52.9 Å². The number of fused-ring (bicyclic) bond motifs is 5. The van der Waals surface area contributed by atoms with Crippen molar-refractivity contribution >= 4 is 11.5 Å². The quantitative estimate of drug-likeness (QED) is 0.628. The minimum absolute atomic E-state index is 0.0892. The van der Waals surface area contributed by atoms with Gasteiger partial charge in [0.25, 0.3) is 0 Å². The molecule has 1 saturated heterocycles. The van der Waals surface area contributed by atoms with Crippen LogP contribution < -0.4 is 5.32 Å². The van der Waals surface area contributed by atoms with Crippen LogP contribution in [0, 0.1) is 6.57 Å². The summed E-state index contributed by atoms with van der Waals surface area (Å²) in [7, 11) is 2.16. The van der Waals surface area contributed by atoms with Crippen molar-refractivity contribution in [2.24, 2.45) is 0 Å². The van der Waals surface area contributed by atoms with Gasteiger partial charge in [0.15, 0.2) is 11.5 Å². The van der Waals surface area contributed by atoms with Crippen LogP contribution in [0.5, 0.6) is 5.75 Å². The zero-order valence-electron chi connectivity index (χ0n) is 15.9. The van der Waals surface area contributed by atoms with Gasteiger partial charge in [0, 0.05) is 35.5 Å². The Balaban J connectivity index is 1.56. The number of rotatable bonds is 3. The fraction of sp³-hybridized carbons (Fsp3) is 0.409. The Kier molecular flexibility index (Phi) is 4.06. The van der Waals surface area contributed by atoms with Crippen molar-refractivity contribution < 1.29 is 5.11 Å². The second kappa shape index (κ2) is 6.61. The van der Waals surface area contributed by atoms with Gasteiger partial charge >= 0.3 is 0 Å². The first-order valence-corrected chi connectivity index (χ1v) is 9.88. The summed E-state index contributed by atoms with van der Waals surface area (Å²) in [5.41, 5.74) is 4.24. The molecular formula is C22H23N5O. The number of aromatic hydroxyl groups is 1. The summed E-state index contributed by atoms with van der Waals surface area (Å²) >= 11 is 0. The summed E-state index contributed by atoms with van der Waals surface area (Å²) in [6.45, 7) is 9.30. The van der Waals surface area contributed by atoms with Gasteiger partial charge in [0.05, 0.1) is 6.57 Å². The van der Waals surface area contributed by atoms with E-state index in [0.717, 1.165) is 37.4 Å². The van der Waals surface area contributed by atoms with E-state index >= 15 is 0 Å². The van der Waals surface area contributed by atoms with Crippen molar-refractivity contribution in [3.63, 3.8) is 0 Å². The molecule has 6 nitrogen and oxygen atoms in total. The number of phenols is 1. The van der Waals surface area contributed by atoms with Crippen LogP contribution in [0.25, 0.3) is 16.1 Å². The topological polar surface area (TPSA) is 65.6 Å². The van der Waals surface area contributed by atoms with E-state index in [1.54, 1.807) is 12.1 Å². The summed E-state index contributed by atoms with van der Waals surface area (Å²) in [6, 6.07) is 5.40. The lowest BCUT2D eigenvalue weighted by atomic mass is 9.92. The van der Waals surface area contributed by atoms with Gasteiger partial charge in [-0.05, 0) is 44.5 Å². The average Bonchev–Trinajstić information content (AvgIpc) is 3.31. The lowest BCUT2D eigenvalue weighted by Gasteiger charge is -2.31. The normalized spacial score (nSPS) is 25.5. The monoisotopic (exact) mass is 373 g/mol. The van der Waals surface area contributed by atoms with E-state index in [1.165, 1.54) is 23.6 Å². The van der Waals surface area contributed by atoms with E-state index in [4.69, 9.17) is 6.57 Å². The Labute approximate surface area is 164 Å². The molecule has 0 spiro atoms. The number of allylic oxidation sites excluding steroid dienone is 2. The number of nitrogens with one attached hydrogen (secondary N) is 1. The average molecular weight is 373 g/mol. The Morgan fingerprint density at radius 2 is 2.04 bits per heavy atom. The molecule has 28 heavy (non-hydrogen) atoms. The molecule has 5 rings (SSSR count). The molecule has 6 heteroatoms. The number of likely N-dealkylation sites (N-methyl/N-ethyl adjacent to an activating group) is 1. The summed E-state index contributed by atoms with van der Waals surface area (Å²) in [4.78, 5) is 5.74. The number of anilines is 1. The van der Waals surface area contributed by atoms with E-state index in [9.17, 15) is 5.11 Å². The molecule has 2 aromatic rings. The van der Waals surface area contributed by atoms with Gasteiger partial charge in [-0.3, -0.25) is 0 Å². The largest absolute Gasteiger partial charge is 0.509 e. The number of benzene rings is 1. The van der Waals surface area contributed by atoms with Gasteiger partial charge in [0.2, 0.25) is 0 Å². The molecule has 2 heterocycles. The van der Waals surface area contributed by atoms with Gasteiger partial charge in [0.1, 0.15) is 11.4 Å². The zero-order valence-corrected chi connectivity index (χ0v) is 15.9. The van der Waals surface area contributed by atoms with Crippen LogP contribution in [0.2, 0.25) is 0 Å². The molecular weight excluding hydrogens is 350 g/mol. The Bertz CT molecular complexity index is 1010. The van der Waals surface area contributed by atoms with E-state index < -0.39 is 0 Å². The molecule has 3 atom stereocenters. The van der Waals surface area contributed by atoms with Crippen LogP contribution in [-0.4, -0.2) is 46.4 Å². The summed E-state index contributed by atoms with van der Waals surface area (Å²) in [5.74, 6) is 1.67. The molecule has 142 valence electrons. The number of hydrogen-bond donors (Lipinski definition) is 2. The smallest absolute Gasteiger partial charge is 0.190 e. The summed E-state index contributed by atoms with van der Waals surface area (Å²) in [6.07, 6.45) is 7.91. The molecule has 1 aromatic heterocycles. The molecule has 2 bridgehead atoms. The fourth-order valence-electron chi connectivity index (χ4n) is 4.91. The Morgan fingerprint density at radius 3 is 2.79 bits per heavy atom. The molecule has 1 aromatic carbocycles. The van der Waals surface area contributed by atoms with Crippen LogP contribution in [-0.2, 0) is 0 Å². The van der Waals surface area contributed by atoms with Crippen molar-refractivity contribution in [2.45, 2.75) is 37.1 Å². The maximum Gasteiger partial charge on any atom is 0.190 e. The second-order valence-electron chi connectivity index (χ2n) is 8.12. The van der Waals surface area contributed by atoms with Gasteiger partial charge in [-0.1, -0.05) is 24.3 Å². The molecule has 0 amide bonds. The third kappa shape index (κ3) is 2.74. The van der Waals surface area contributed by atoms with E-state index in [-0.39, 0.29) is 5.75 Å². The van der Waals surface area contributed by atoms with Crippen molar-refractivity contribution in [2.75, 3.05) is 25.5 Å². The van der Waals surface area contributed by atoms with Gasteiger partial charge in [-0.15, -0.1) is 10.2 Å². The lowest BCUT2D eigenvalue weighted by Crippen LogP contribution is -2.40. The summed E-state index contributed by atoms with van der Waals surface area (Å²) in [5, 5.41) is 23.2. The molecule has 0 saturated carbocycles. The first-order valence-electron chi connectivity index (χ1n) is 9.88. The predicted molar refractivity (Wildman–Crippen MR) is 109 cm³/mol. The lowest BCUT2D eigenvalue weighted by molar-refractivity contribution is 0.260. The van der Waals surface area contributed by atoms with Crippen molar-refractivity contribution in [1.82, 2.24) is 15.1 Å². The summed E-state index contributed by atoms with van der Waals surface area (Å²) < 4.78 is 0. The van der Waals surface area contributed by atoms with Gasteiger partial charge < -0.3 is 15.3 Å². The fourth-order valence-corrected chi connectivity index (χ4v) is 4.91. The first kappa shape index (κ1) is 17.2. The third-order valence-electron chi connectivity index (χ3n) is 6.21. The number of nitrogens with zero attached hydrogens (tertiary/aromatic N) is 4. The minimum atomic E-state index is 0.0892. The standard InChI is InChI=1S/C22H23N5O/c1-23-15-7-8-17(18(28)11-15)21-19-13-5-6-14(10-13)20(19)22(26-25-21)24-16-4-3-9-27(2)12-16/h5-8,11,13-14,16,28H,3-4,9-10,12H2,2H3,(H,24,26)/t13?,14?,16-/m1/s1. The zero-order chi connectivity index (χ0) is 19.3. The van der Waals surface area contributed by atoms with Crippen molar-refractivity contribution in [3.8, 4) is 17.0 Å². The van der Waals surface area contributed by atoms with E-state index in [2.05, 4.69) is 44.5 Å². The van der Waals surface area contributed by atoms with Crippen LogP contribution in [0.4, 0.5) is 11.5 Å².